The van der Waals surface area contributed by atoms with E-state index in [2.05, 4.69) is 5.32 Å². The van der Waals surface area contributed by atoms with E-state index in [0.717, 1.165) is 5.56 Å². The minimum absolute atomic E-state index is 0.123. The molecule has 0 aliphatic carbocycles. The molecule has 0 spiro atoms. The SMILES string of the molecule is CCOC(=O)c1ccc(CNC(=O)CC(CN)OC)cc1. The lowest BCUT2D eigenvalue weighted by molar-refractivity contribution is -0.123. The highest BCUT2D eigenvalue weighted by Crippen LogP contribution is 2.06. The zero-order chi connectivity index (χ0) is 15.7. The number of rotatable bonds is 8. The van der Waals surface area contributed by atoms with Crippen molar-refractivity contribution >= 4 is 11.9 Å². The van der Waals surface area contributed by atoms with Crippen LogP contribution in [0.25, 0.3) is 0 Å². The van der Waals surface area contributed by atoms with Gasteiger partial charge >= 0.3 is 5.97 Å². The highest BCUT2D eigenvalue weighted by Gasteiger charge is 2.11. The number of carbonyl (C=O) groups excluding carboxylic acids is 2. The average molecular weight is 294 g/mol. The fraction of sp³-hybridized carbons (Fsp3) is 0.467. The summed E-state index contributed by atoms with van der Waals surface area (Å²) in [7, 11) is 1.53. The van der Waals surface area contributed by atoms with Gasteiger partial charge in [-0.1, -0.05) is 12.1 Å². The summed E-state index contributed by atoms with van der Waals surface area (Å²) in [6.45, 7) is 2.80. The summed E-state index contributed by atoms with van der Waals surface area (Å²) in [6.07, 6.45) is -0.0373. The van der Waals surface area contributed by atoms with Crippen molar-refractivity contribution in [2.24, 2.45) is 5.73 Å². The Morgan fingerprint density at radius 3 is 2.48 bits per heavy atom. The van der Waals surface area contributed by atoms with E-state index in [-0.39, 0.29) is 24.4 Å². The molecule has 0 saturated heterocycles. The van der Waals surface area contributed by atoms with Gasteiger partial charge < -0.3 is 20.5 Å². The highest BCUT2D eigenvalue weighted by atomic mass is 16.5. The van der Waals surface area contributed by atoms with Gasteiger partial charge in [0.2, 0.25) is 5.91 Å². The monoisotopic (exact) mass is 294 g/mol. The standard InChI is InChI=1S/C15H22N2O4/c1-3-21-15(19)12-6-4-11(5-7-12)10-17-14(18)8-13(9-16)20-2/h4-7,13H,3,8-10,16H2,1-2H3,(H,17,18). The molecule has 116 valence electrons. The predicted molar refractivity (Wildman–Crippen MR) is 78.7 cm³/mol. The van der Waals surface area contributed by atoms with E-state index >= 15 is 0 Å². The predicted octanol–water partition coefficient (Wildman–Crippen LogP) is 0.843. The van der Waals surface area contributed by atoms with Gasteiger partial charge in [0.25, 0.3) is 0 Å². The fourth-order valence-electron chi connectivity index (χ4n) is 1.72. The molecule has 21 heavy (non-hydrogen) atoms. The molecule has 0 aromatic heterocycles. The number of hydrogen-bond donors (Lipinski definition) is 2. The molecule has 3 N–H and O–H groups in total. The molecule has 0 saturated carbocycles. The minimum Gasteiger partial charge on any atom is -0.462 e. The first-order valence-electron chi connectivity index (χ1n) is 6.86. The second-order valence-corrected chi connectivity index (χ2v) is 4.49. The average Bonchev–Trinajstić information content (AvgIpc) is 2.51. The smallest absolute Gasteiger partial charge is 0.338 e. The summed E-state index contributed by atoms with van der Waals surface area (Å²) >= 11 is 0. The van der Waals surface area contributed by atoms with E-state index in [4.69, 9.17) is 15.2 Å². The fourth-order valence-corrected chi connectivity index (χ4v) is 1.72. The van der Waals surface area contributed by atoms with Gasteiger partial charge in [0, 0.05) is 20.2 Å². The maximum absolute atomic E-state index is 11.7. The molecule has 1 unspecified atom stereocenters. The van der Waals surface area contributed by atoms with E-state index in [9.17, 15) is 9.59 Å². The Bertz CT molecular complexity index is 455. The lowest BCUT2D eigenvalue weighted by Crippen LogP contribution is -2.31. The van der Waals surface area contributed by atoms with Crippen molar-refractivity contribution in [2.45, 2.75) is 26.0 Å². The molecular weight excluding hydrogens is 272 g/mol. The number of esters is 1. The van der Waals surface area contributed by atoms with Gasteiger partial charge in [-0.05, 0) is 24.6 Å². The maximum Gasteiger partial charge on any atom is 0.338 e. The molecule has 1 aromatic carbocycles. The third kappa shape index (κ3) is 5.93. The summed E-state index contributed by atoms with van der Waals surface area (Å²) < 4.78 is 9.95. The van der Waals surface area contributed by atoms with Gasteiger partial charge in [-0.25, -0.2) is 4.79 Å². The van der Waals surface area contributed by atoms with E-state index in [1.54, 1.807) is 31.2 Å². The number of ether oxygens (including phenoxy) is 2. The quantitative estimate of drug-likeness (QED) is 0.693. The lowest BCUT2D eigenvalue weighted by Gasteiger charge is -2.12. The van der Waals surface area contributed by atoms with Crippen LogP contribution in [0.4, 0.5) is 0 Å². The van der Waals surface area contributed by atoms with Crippen LogP contribution in [-0.4, -0.2) is 38.2 Å². The van der Waals surface area contributed by atoms with Crippen LogP contribution in [0.15, 0.2) is 24.3 Å². The lowest BCUT2D eigenvalue weighted by atomic mass is 10.1. The largest absolute Gasteiger partial charge is 0.462 e. The van der Waals surface area contributed by atoms with Crippen LogP contribution in [0.2, 0.25) is 0 Å². The van der Waals surface area contributed by atoms with Crippen molar-refractivity contribution in [3.05, 3.63) is 35.4 Å². The summed E-state index contributed by atoms with van der Waals surface area (Å²) in [5, 5.41) is 2.78. The Morgan fingerprint density at radius 1 is 1.29 bits per heavy atom. The van der Waals surface area contributed by atoms with E-state index in [0.29, 0.717) is 25.3 Å². The van der Waals surface area contributed by atoms with Crippen molar-refractivity contribution in [3.8, 4) is 0 Å². The Hall–Kier alpha value is -1.92. The van der Waals surface area contributed by atoms with Crippen molar-refractivity contribution in [1.82, 2.24) is 5.32 Å². The molecule has 0 aliphatic heterocycles. The molecule has 0 bridgehead atoms. The Kier molecular flexibility index (Phi) is 7.42. The first kappa shape index (κ1) is 17.1. The molecular formula is C15H22N2O4. The third-order valence-electron chi connectivity index (χ3n) is 2.96. The number of methoxy groups -OCH3 is 1. The second-order valence-electron chi connectivity index (χ2n) is 4.49. The number of nitrogens with two attached hydrogens (primary N) is 1. The first-order chi connectivity index (χ1) is 10.1. The number of hydrogen-bond acceptors (Lipinski definition) is 5. The molecule has 0 aliphatic rings. The molecule has 0 radical (unpaired) electrons. The van der Waals surface area contributed by atoms with Gasteiger partial charge in [0.15, 0.2) is 0 Å². The van der Waals surface area contributed by atoms with Crippen LogP contribution in [0, 0.1) is 0 Å². The Morgan fingerprint density at radius 2 is 1.95 bits per heavy atom. The van der Waals surface area contributed by atoms with Crippen LogP contribution in [-0.2, 0) is 20.8 Å². The van der Waals surface area contributed by atoms with Gasteiger partial charge in [-0.3, -0.25) is 4.79 Å². The van der Waals surface area contributed by atoms with E-state index in [1.165, 1.54) is 7.11 Å². The van der Waals surface area contributed by atoms with Gasteiger partial charge in [-0.2, -0.15) is 0 Å². The van der Waals surface area contributed by atoms with Gasteiger partial charge in [-0.15, -0.1) is 0 Å². The topological polar surface area (TPSA) is 90.7 Å². The molecule has 6 heteroatoms. The minimum atomic E-state index is -0.348. The van der Waals surface area contributed by atoms with Gasteiger partial charge in [0.1, 0.15) is 0 Å². The first-order valence-corrected chi connectivity index (χ1v) is 6.86. The van der Waals surface area contributed by atoms with Crippen LogP contribution in [0.3, 0.4) is 0 Å². The van der Waals surface area contributed by atoms with Crippen LogP contribution in [0.1, 0.15) is 29.3 Å². The van der Waals surface area contributed by atoms with Crippen molar-refractivity contribution in [3.63, 3.8) is 0 Å². The molecule has 1 amide bonds. The number of nitrogens with one attached hydrogen (secondary N) is 1. The molecule has 1 atom stereocenters. The molecule has 1 aromatic rings. The van der Waals surface area contributed by atoms with Crippen LogP contribution in [0.5, 0.6) is 0 Å². The van der Waals surface area contributed by atoms with E-state index < -0.39 is 0 Å². The third-order valence-corrected chi connectivity index (χ3v) is 2.96. The van der Waals surface area contributed by atoms with Crippen molar-refractivity contribution in [2.75, 3.05) is 20.3 Å². The second kappa shape index (κ2) is 9.10. The summed E-state index contributed by atoms with van der Waals surface area (Å²) in [4.78, 5) is 23.2. The van der Waals surface area contributed by atoms with Crippen molar-refractivity contribution in [1.29, 1.82) is 0 Å². The van der Waals surface area contributed by atoms with Gasteiger partial charge in [0.05, 0.1) is 24.7 Å². The summed E-state index contributed by atoms with van der Waals surface area (Å²) in [6, 6.07) is 6.92. The Labute approximate surface area is 124 Å². The molecule has 6 nitrogen and oxygen atoms in total. The Balaban J connectivity index is 2.45. The zero-order valence-corrected chi connectivity index (χ0v) is 12.4. The number of amides is 1. The zero-order valence-electron chi connectivity index (χ0n) is 12.4. The van der Waals surface area contributed by atoms with Crippen molar-refractivity contribution < 1.29 is 19.1 Å². The molecule has 0 fully saturated rings. The van der Waals surface area contributed by atoms with Crippen LogP contribution >= 0.6 is 0 Å². The molecule has 1 rings (SSSR count). The number of carbonyl (C=O) groups is 2. The highest BCUT2D eigenvalue weighted by molar-refractivity contribution is 5.89. The maximum atomic E-state index is 11.7. The summed E-state index contributed by atoms with van der Waals surface area (Å²) in [5.74, 6) is -0.472. The van der Waals surface area contributed by atoms with E-state index in [1.807, 2.05) is 0 Å². The molecule has 0 heterocycles. The normalized spacial score (nSPS) is 11.8. The summed E-state index contributed by atoms with van der Waals surface area (Å²) in [5.41, 5.74) is 6.86. The van der Waals surface area contributed by atoms with Crippen LogP contribution < -0.4 is 11.1 Å². The number of benzene rings is 1.